The molecule has 2 atom stereocenters. The van der Waals surface area contributed by atoms with Crippen LogP contribution < -0.4 is 11.1 Å². The highest BCUT2D eigenvalue weighted by Gasteiger charge is 2.31. The molecular formula is C10H21N3O. The van der Waals surface area contributed by atoms with E-state index in [1.54, 1.807) is 0 Å². The Kier molecular flexibility index (Phi) is 4.20. The Bertz CT molecular complexity index is 196. The molecule has 1 rings (SSSR count). The van der Waals surface area contributed by atoms with Gasteiger partial charge in [-0.3, -0.25) is 0 Å². The molecule has 4 nitrogen and oxygen atoms in total. The van der Waals surface area contributed by atoms with Crippen LogP contribution in [0.5, 0.6) is 0 Å². The fraction of sp³-hybridized carbons (Fsp3) is 0.900. The molecule has 0 spiro atoms. The molecule has 1 fully saturated rings. The van der Waals surface area contributed by atoms with E-state index in [1.165, 1.54) is 0 Å². The third-order valence-electron chi connectivity index (χ3n) is 2.92. The van der Waals surface area contributed by atoms with Gasteiger partial charge in [0.25, 0.3) is 0 Å². The van der Waals surface area contributed by atoms with Crippen molar-refractivity contribution in [1.29, 1.82) is 0 Å². The third kappa shape index (κ3) is 2.61. The van der Waals surface area contributed by atoms with Crippen molar-refractivity contribution in [3.05, 3.63) is 0 Å². The molecule has 4 heteroatoms. The van der Waals surface area contributed by atoms with Crippen LogP contribution in [0.4, 0.5) is 4.79 Å². The lowest BCUT2D eigenvalue weighted by atomic mass is 9.95. The number of rotatable bonds is 3. The average Bonchev–Trinajstić information content (AvgIpc) is 2.49. The predicted octanol–water partition coefficient (Wildman–Crippen LogP) is 0.633. The predicted molar refractivity (Wildman–Crippen MR) is 57.0 cm³/mol. The van der Waals surface area contributed by atoms with Gasteiger partial charge in [0.2, 0.25) is 0 Å². The summed E-state index contributed by atoms with van der Waals surface area (Å²) in [6.07, 6.45) is 1.02. The Morgan fingerprint density at radius 1 is 1.57 bits per heavy atom. The number of carbonyl (C=O) groups is 1. The minimum absolute atomic E-state index is 0.0684. The molecule has 14 heavy (non-hydrogen) atoms. The molecule has 1 saturated heterocycles. The van der Waals surface area contributed by atoms with Crippen molar-refractivity contribution in [3.8, 4) is 0 Å². The number of nitrogens with one attached hydrogen (secondary N) is 1. The molecule has 3 N–H and O–H groups in total. The smallest absolute Gasteiger partial charge is 0.317 e. The Labute approximate surface area is 85.8 Å². The fourth-order valence-corrected chi connectivity index (χ4v) is 2.05. The number of nitrogens with two attached hydrogens (primary N) is 1. The summed E-state index contributed by atoms with van der Waals surface area (Å²) < 4.78 is 0. The topological polar surface area (TPSA) is 58.4 Å². The van der Waals surface area contributed by atoms with Gasteiger partial charge in [-0.2, -0.15) is 0 Å². The number of urea groups is 1. The zero-order chi connectivity index (χ0) is 10.6. The van der Waals surface area contributed by atoms with Gasteiger partial charge in [0.15, 0.2) is 0 Å². The quantitative estimate of drug-likeness (QED) is 0.700. The zero-order valence-electron chi connectivity index (χ0n) is 9.12. The fourth-order valence-electron chi connectivity index (χ4n) is 2.05. The van der Waals surface area contributed by atoms with E-state index in [1.807, 2.05) is 11.8 Å². The molecule has 2 amide bonds. The van der Waals surface area contributed by atoms with Crippen LogP contribution in [0.3, 0.4) is 0 Å². The molecule has 0 saturated carbocycles. The minimum Gasteiger partial charge on any atom is -0.338 e. The second-order valence-corrected chi connectivity index (χ2v) is 4.06. The molecule has 82 valence electrons. The first kappa shape index (κ1) is 11.3. The lowest BCUT2D eigenvalue weighted by Gasteiger charge is -2.16. The van der Waals surface area contributed by atoms with Crippen LogP contribution in [0.15, 0.2) is 0 Å². The van der Waals surface area contributed by atoms with E-state index < -0.39 is 0 Å². The van der Waals surface area contributed by atoms with Crippen molar-refractivity contribution in [2.75, 3.05) is 26.2 Å². The van der Waals surface area contributed by atoms with Gasteiger partial charge in [0.1, 0.15) is 0 Å². The van der Waals surface area contributed by atoms with Crippen molar-refractivity contribution in [2.24, 2.45) is 17.6 Å². The lowest BCUT2D eigenvalue weighted by molar-refractivity contribution is 0.207. The maximum Gasteiger partial charge on any atom is 0.317 e. The number of hydrogen-bond donors (Lipinski definition) is 2. The Morgan fingerprint density at radius 3 is 2.86 bits per heavy atom. The van der Waals surface area contributed by atoms with E-state index in [0.29, 0.717) is 18.4 Å². The van der Waals surface area contributed by atoms with Gasteiger partial charge in [-0.1, -0.05) is 6.92 Å². The minimum atomic E-state index is 0.0684. The SMILES string of the molecule is CCNC(=O)N1C[C@@H](CCN)[C@H](C)C1. The highest BCUT2D eigenvalue weighted by Crippen LogP contribution is 2.25. The van der Waals surface area contributed by atoms with Crippen LogP contribution in [0, 0.1) is 11.8 Å². The molecule has 0 unspecified atom stereocenters. The number of nitrogens with zero attached hydrogens (tertiary/aromatic N) is 1. The van der Waals surface area contributed by atoms with Crippen molar-refractivity contribution in [3.63, 3.8) is 0 Å². The van der Waals surface area contributed by atoms with Crippen LogP contribution in [-0.2, 0) is 0 Å². The van der Waals surface area contributed by atoms with Crippen molar-refractivity contribution in [2.45, 2.75) is 20.3 Å². The van der Waals surface area contributed by atoms with Crippen LogP contribution in [0.2, 0.25) is 0 Å². The largest absolute Gasteiger partial charge is 0.338 e. The highest BCUT2D eigenvalue weighted by atomic mass is 16.2. The standard InChI is InChI=1S/C10H21N3O/c1-3-12-10(14)13-6-8(2)9(7-13)4-5-11/h8-9H,3-7,11H2,1-2H3,(H,12,14)/t8-,9-/m1/s1. The van der Waals surface area contributed by atoms with Gasteiger partial charge in [-0.15, -0.1) is 0 Å². The second-order valence-electron chi connectivity index (χ2n) is 4.06. The third-order valence-corrected chi connectivity index (χ3v) is 2.92. The Hall–Kier alpha value is -0.770. The van der Waals surface area contributed by atoms with Crippen molar-refractivity contribution >= 4 is 6.03 Å². The van der Waals surface area contributed by atoms with E-state index in [2.05, 4.69) is 12.2 Å². The summed E-state index contributed by atoms with van der Waals surface area (Å²) in [6, 6.07) is 0.0684. The first-order chi connectivity index (χ1) is 6.69. The molecule has 1 aliphatic heterocycles. The van der Waals surface area contributed by atoms with Gasteiger partial charge in [0.05, 0.1) is 0 Å². The maximum absolute atomic E-state index is 11.5. The normalized spacial score (nSPS) is 26.6. The summed E-state index contributed by atoms with van der Waals surface area (Å²) >= 11 is 0. The molecule has 1 heterocycles. The van der Waals surface area contributed by atoms with Crippen LogP contribution in [-0.4, -0.2) is 37.1 Å². The summed E-state index contributed by atoms with van der Waals surface area (Å²) in [5.74, 6) is 1.17. The van der Waals surface area contributed by atoms with E-state index in [9.17, 15) is 4.79 Å². The molecule has 0 bridgehead atoms. The average molecular weight is 199 g/mol. The summed E-state index contributed by atoms with van der Waals surface area (Å²) in [4.78, 5) is 13.4. The summed E-state index contributed by atoms with van der Waals surface area (Å²) in [7, 11) is 0. The Balaban J connectivity index is 2.41. The molecule has 1 aliphatic rings. The number of amides is 2. The van der Waals surface area contributed by atoms with Gasteiger partial charge in [-0.05, 0) is 31.7 Å². The van der Waals surface area contributed by atoms with Gasteiger partial charge in [-0.25, -0.2) is 4.79 Å². The van der Waals surface area contributed by atoms with E-state index in [4.69, 9.17) is 5.73 Å². The van der Waals surface area contributed by atoms with E-state index >= 15 is 0 Å². The van der Waals surface area contributed by atoms with Gasteiger partial charge < -0.3 is 16.0 Å². The lowest BCUT2D eigenvalue weighted by Crippen LogP contribution is -2.38. The van der Waals surface area contributed by atoms with Crippen LogP contribution in [0.1, 0.15) is 20.3 Å². The van der Waals surface area contributed by atoms with E-state index in [-0.39, 0.29) is 6.03 Å². The van der Waals surface area contributed by atoms with Crippen LogP contribution in [0.25, 0.3) is 0 Å². The molecule has 0 radical (unpaired) electrons. The zero-order valence-corrected chi connectivity index (χ0v) is 9.12. The molecule has 0 aromatic carbocycles. The second kappa shape index (κ2) is 5.20. The summed E-state index contributed by atoms with van der Waals surface area (Å²) in [6.45, 7) is 7.29. The highest BCUT2D eigenvalue weighted by molar-refractivity contribution is 5.74. The van der Waals surface area contributed by atoms with Gasteiger partial charge >= 0.3 is 6.03 Å². The summed E-state index contributed by atoms with van der Waals surface area (Å²) in [5.41, 5.74) is 5.53. The van der Waals surface area contributed by atoms with Crippen LogP contribution >= 0.6 is 0 Å². The van der Waals surface area contributed by atoms with Crippen molar-refractivity contribution < 1.29 is 4.79 Å². The van der Waals surface area contributed by atoms with Crippen molar-refractivity contribution in [1.82, 2.24) is 10.2 Å². The van der Waals surface area contributed by atoms with E-state index in [0.717, 1.165) is 26.1 Å². The number of hydrogen-bond acceptors (Lipinski definition) is 2. The molecular weight excluding hydrogens is 178 g/mol. The first-order valence-corrected chi connectivity index (χ1v) is 5.41. The molecule has 0 aromatic heterocycles. The Morgan fingerprint density at radius 2 is 2.29 bits per heavy atom. The monoisotopic (exact) mass is 199 g/mol. The maximum atomic E-state index is 11.5. The molecule has 0 aliphatic carbocycles. The van der Waals surface area contributed by atoms with Gasteiger partial charge in [0, 0.05) is 19.6 Å². The first-order valence-electron chi connectivity index (χ1n) is 5.41. The molecule has 0 aromatic rings. The number of likely N-dealkylation sites (tertiary alicyclic amines) is 1. The summed E-state index contributed by atoms with van der Waals surface area (Å²) in [5, 5.41) is 2.83. The number of carbonyl (C=O) groups excluding carboxylic acids is 1.